The summed E-state index contributed by atoms with van der Waals surface area (Å²) in [7, 11) is 0. The Labute approximate surface area is 128 Å². The van der Waals surface area contributed by atoms with Crippen molar-refractivity contribution in [3.8, 4) is 0 Å². The molecule has 0 heteroatoms. The fraction of sp³-hybridized carbons (Fsp3) is 0.286. The Bertz CT molecular complexity index is 695. The number of rotatable bonds is 2. The molecule has 0 bridgehead atoms. The smallest absolute Gasteiger partial charge is 0.00188 e. The Balaban J connectivity index is 2.57. The SMILES string of the molecule is CC(=C=Cc1c(C)c(C)c(C)c(C)c1C)c1ccccc1. The predicted molar refractivity (Wildman–Crippen MR) is 93.6 cm³/mol. The Kier molecular flexibility index (Phi) is 4.50. The first kappa shape index (κ1) is 15.4. The summed E-state index contributed by atoms with van der Waals surface area (Å²) in [5.74, 6) is 0. The van der Waals surface area contributed by atoms with Gasteiger partial charge in [-0.3, -0.25) is 0 Å². The summed E-state index contributed by atoms with van der Waals surface area (Å²) in [6, 6.07) is 10.4. The third-order valence-electron chi connectivity index (χ3n) is 4.70. The third-order valence-corrected chi connectivity index (χ3v) is 4.70. The molecule has 0 amide bonds. The van der Waals surface area contributed by atoms with E-state index in [0.29, 0.717) is 0 Å². The molecule has 0 radical (unpaired) electrons. The molecule has 2 rings (SSSR count). The van der Waals surface area contributed by atoms with Crippen LogP contribution in [0.25, 0.3) is 11.6 Å². The molecule has 0 nitrogen and oxygen atoms in total. The number of hydrogen-bond donors (Lipinski definition) is 0. The lowest BCUT2D eigenvalue weighted by molar-refractivity contribution is 1.16. The molecule has 0 heterocycles. The van der Waals surface area contributed by atoms with Gasteiger partial charge in [0.2, 0.25) is 0 Å². The molecule has 0 N–H and O–H groups in total. The molecule has 0 aliphatic carbocycles. The molecule has 0 aliphatic heterocycles. The topological polar surface area (TPSA) is 0 Å². The van der Waals surface area contributed by atoms with Crippen molar-refractivity contribution >= 4 is 11.6 Å². The van der Waals surface area contributed by atoms with Gasteiger partial charge < -0.3 is 0 Å². The van der Waals surface area contributed by atoms with Gasteiger partial charge in [0, 0.05) is 0 Å². The molecule has 0 saturated heterocycles. The first-order valence-electron chi connectivity index (χ1n) is 7.49. The van der Waals surface area contributed by atoms with Crippen molar-refractivity contribution in [2.75, 3.05) is 0 Å². The molecule has 0 saturated carbocycles. The summed E-state index contributed by atoms with van der Waals surface area (Å²) < 4.78 is 0. The van der Waals surface area contributed by atoms with E-state index in [0.717, 1.165) is 0 Å². The molecule has 0 aliphatic rings. The van der Waals surface area contributed by atoms with E-state index in [1.54, 1.807) is 0 Å². The maximum atomic E-state index is 3.46. The fourth-order valence-electron chi connectivity index (χ4n) is 2.70. The van der Waals surface area contributed by atoms with E-state index in [1.807, 2.05) is 6.07 Å². The van der Waals surface area contributed by atoms with Crippen LogP contribution in [0.5, 0.6) is 0 Å². The van der Waals surface area contributed by atoms with Crippen LogP contribution in [-0.4, -0.2) is 0 Å². The van der Waals surface area contributed by atoms with E-state index in [4.69, 9.17) is 0 Å². The van der Waals surface area contributed by atoms with Crippen molar-refractivity contribution in [1.29, 1.82) is 0 Å². The summed E-state index contributed by atoms with van der Waals surface area (Å²) in [5, 5.41) is 0. The lowest BCUT2D eigenvalue weighted by atomic mass is 9.89. The monoisotopic (exact) mass is 276 g/mol. The van der Waals surface area contributed by atoms with Gasteiger partial charge in [0.1, 0.15) is 0 Å². The lowest BCUT2D eigenvalue weighted by Gasteiger charge is -2.15. The molecule has 2 aromatic rings. The molecule has 108 valence electrons. The maximum absolute atomic E-state index is 3.46. The van der Waals surface area contributed by atoms with Gasteiger partial charge in [0.15, 0.2) is 0 Å². The molecule has 0 fully saturated rings. The lowest BCUT2D eigenvalue weighted by Crippen LogP contribution is -1.98. The Morgan fingerprint density at radius 3 is 1.76 bits per heavy atom. The minimum Gasteiger partial charge on any atom is -0.116 e. The molecule has 2 aromatic carbocycles. The third kappa shape index (κ3) is 3.01. The van der Waals surface area contributed by atoms with E-state index in [2.05, 4.69) is 77.6 Å². The highest BCUT2D eigenvalue weighted by molar-refractivity contribution is 5.70. The van der Waals surface area contributed by atoms with Gasteiger partial charge >= 0.3 is 0 Å². The average Bonchev–Trinajstić information content (AvgIpc) is 2.51. The van der Waals surface area contributed by atoms with E-state index in [-0.39, 0.29) is 0 Å². The predicted octanol–water partition coefficient (Wildman–Crippen LogP) is 5.94. The Hall–Kier alpha value is -2.04. The average molecular weight is 276 g/mol. The standard InChI is InChI=1S/C21H24/c1-14(20-10-8-7-9-11-20)12-13-21-18(5)16(3)15(2)17(4)19(21)6/h7-11,13H,1-6H3. The van der Waals surface area contributed by atoms with Crippen LogP contribution in [0.2, 0.25) is 0 Å². The van der Waals surface area contributed by atoms with Crippen LogP contribution in [0.1, 0.15) is 45.9 Å². The zero-order chi connectivity index (χ0) is 15.6. The largest absolute Gasteiger partial charge is 0.116 e. The highest BCUT2D eigenvalue weighted by Gasteiger charge is 2.09. The van der Waals surface area contributed by atoms with Gasteiger partial charge in [-0.25, -0.2) is 0 Å². The van der Waals surface area contributed by atoms with Crippen molar-refractivity contribution in [2.45, 2.75) is 41.5 Å². The maximum Gasteiger partial charge on any atom is -0.00188 e. The van der Waals surface area contributed by atoms with Gasteiger partial charge in [-0.05, 0) is 92.1 Å². The van der Waals surface area contributed by atoms with Crippen LogP contribution >= 0.6 is 0 Å². The van der Waals surface area contributed by atoms with Crippen LogP contribution in [-0.2, 0) is 0 Å². The van der Waals surface area contributed by atoms with Gasteiger partial charge in [0.25, 0.3) is 0 Å². The minimum atomic E-state index is 1.17. The summed E-state index contributed by atoms with van der Waals surface area (Å²) in [6.07, 6.45) is 2.15. The first-order chi connectivity index (χ1) is 9.93. The summed E-state index contributed by atoms with van der Waals surface area (Å²) in [5.41, 5.74) is 14.1. The Morgan fingerprint density at radius 1 is 0.762 bits per heavy atom. The van der Waals surface area contributed by atoms with Crippen molar-refractivity contribution in [2.24, 2.45) is 0 Å². The van der Waals surface area contributed by atoms with Gasteiger partial charge in [0.05, 0.1) is 0 Å². The summed E-state index contributed by atoms with van der Waals surface area (Å²) in [4.78, 5) is 0. The van der Waals surface area contributed by atoms with Crippen LogP contribution in [0.3, 0.4) is 0 Å². The number of allylic oxidation sites excluding steroid dienone is 1. The molecular weight excluding hydrogens is 252 g/mol. The molecule has 0 unspecified atom stereocenters. The van der Waals surface area contributed by atoms with Crippen molar-refractivity contribution in [3.05, 3.63) is 75.0 Å². The van der Waals surface area contributed by atoms with Crippen molar-refractivity contribution < 1.29 is 0 Å². The molecular formula is C21H24. The van der Waals surface area contributed by atoms with Crippen molar-refractivity contribution in [1.82, 2.24) is 0 Å². The zero-order valence-corrected chi connectivity index (χ0v) is 14.0. The fourth-order valence-corrected chi connectivity index (χ4v) is 2.70. The van der Waals surface area contributed by atoms with Crippen LogP contribution in [0, 0.1) is 34.6 Å². The molecule has 0 atom stereocenters. The highest BCUT2D eigenvalue weighted by atomic mass is 14.1. The van der Waals surface area contributed by atoms with E-state index < -0.39 is 0 Å². The van der Waals surface area contributed by atoms with E-state index in [9.17, 15) is 0 Å². The van der Waals surface area contributed by atoms with Crippen LogP contribution < -0.4 is 0 Å². The summed E-state index contributed by atoms with van der Waals surface area (Å²) in [6.45, 7) is 13.2. The highest BCUT2D eigenvalue weighted by Crippen LogP contribution is 2.27. The normalized spacial score (nSPS) is 10.2. The Morgan fingerprint density at radius 2 is 1.24 bits per heavy atom. The quantitative estimate of drug-likeness (QED) is 0.595. The second kappa shape index (κ2) is 6.16. The molecule has 0 aromatic heterocycles. The number of benzene rings is 2. The second-order valence-electron chi connectivity index (χ2n) is 5.82. The zero-order valence-electron chi connectivity index (χ0n) is 14.0. The first-order valence-corrected chi connectivity index (χ1v) is 7.49. The minimum absolute atomic E-state index is 1.17. The van der Waals surface area contributed by atoms with Crippen LogP contribution in [0.4, 0.5) is 0 Å². The van der Waals surface area contributed by atoms with Gasteiger partial charge in [-0.2, -0.15) is 0 Å². The van der Waals surface area contributed by atoms with Crippen molar-refractivity contribution in [3.63, 3.8) is 0 Å². The summed E-state index contributed by atoms with van der Waals surface area (Å²) >= 11 is 0. The van der Waals surface area contributed by atoms with E-state index in [1.165, 1.54) is 44.5 Å². The van der Waals surface area contributed by atoms with E-state index >= 15 is 0 Å². The van der Waals surface area contributed by atoms with Gasteiger partial charge in [-0.1, -0.05) is 30.3 Å². The number of hydrogen-bond acceptors (Lipinski definition) is 0. The molecule has 0 spiro atoms. The second-order valence-corrected chi connectivity index (χ2v) is 5.82. The molecule has 21 heavy (non-hydrogen) atoms. The van der Waals surface area contributed by atoms with Gasteiger partial charge in [-0.15, -0.1) is 5.73 Å². The van der Waals surface area contributed by atoms with Crippen LogP contribution in [0.15, 0.2) is 36.1 Å².